The molecule has 9 heteroatoms. The van der Waals surface area contributed by atoms with Crippen LogP contribution in [0, 0.1) is 13.8 Å². The van der Waals surface area contributed by atoms with Gasteiger partial charge in [-0.05, 0) is 67.3 Å². The van der Waals surface area contributed by atoms with Gasteiger partial charge in [0.2, 0.25) is 10.0 Å². The maximum atomic E-state index is 12.5. The number of hydrogen-bond donors (Lipinski definition) is 1. The molecule has 1 N–H and O–H groups in total. The van der Waals surface area contributed by atoms with Crippen molar-refractivity contribution in [3.8, 4) is 11.5 Å². The predicted octanol–water partition coefficient (Wildman–Crippen LogP) is 4.20. The van der Waals surface area contributed by atoms with Gasteiger partial charge in [0.05, 0.1) is 24.8 Å². The summed E-state index contributed by atoms with van der Waals surface area (Å²) >= 11 is 0. The molecule has 0 atom stereocenters. The molecule has 3 aromatic carbocycles. The number of rotatable bonds is 11. The zero-order valence-electron chi connectivity index (χ0n) is 20.9. The van der Waals surface area contributed by atoms with Gasteiger partial charge in [-0.25, -0.2) is 13.8 Å². The van der Waals surface area contributed by atoms with Crippen LogP contribution in [-0.4, -0.2) is 39.9 Å². The minimum atomic E-state index is -3.68. The number of amides is 1. The van der Waals surface area contributed by atoms with Gasteiger partial charge >= 0.3 is 0 Å². The molecule has 0 saturated carbocycles. The van der Waals surface area contributed by atoms with E-state index in [-0.39, 0.29) is 0 Å². The Morgan fingerprint density at radius 3 is 2.44 bits per heavy atom. The second-order valence-corrected chi connectivity index (χ2v) is 10.1. The number of benzene rings is 3. The monoisotopic (exact) mass is 509 g/mol. The van der Waals surface area contributed by atoms with Crippen LogP contribution < -0.4 is 19.2 Å². The summed E-state index contributed by atoms with van der Waals surface area (Å²) in [6.07, 6.45) is 2.53. The van der Waals surface area contributed by atoms with Gasteiger partial charge in [-0.3, -0.25) is 9.10 Å². The van der Waals surface area contributed by atoms with Gasteiger partial charge in [-0.1, -0.05) is 42.5 Å². The van der Waals surface area contributed by atoms with E-state index in [0.29, 0.717) is 36.0 Å². The topological polar surface area (TPSA) is 97.3 Å². The molecule has 0 unspecified atom stereocenters. The largest absolute Gasteiger partial charge is 0.490 e. The molecule has 0 aliphatic carbocycles. The molecule has 36 heavy (non-hydrogen) atoms. The first kappa shape index (κ1) is 26.7. The van der Waals surface area contributed by atoms with Gasteiger partial charge in [0.15, 0.2) is 11.5 Å². The molecule has 0 saturated heterocycles. The molecule has 0 radical (unpaired) electrons. The van der Waals surface area contributed by atoms with E-state index in [1.165, 1.54) is 6.21 Å². The number of nitrogens with zero attached hydrogens (tertiary/aromatic N) is 2. The lowest BCUT2D eigenvalue weighted by molar-refractivity contribution is -0.119. The second-order valence-electron chi connectivity index (χ2n) is 8.20. The minimum absolute atomic E-state index is 0.392. The number of aryl methyl sites for hydroxylation is 1. The zero-order chi connectivity index (χ0) is 26.1. The first-order chi connectivity index (χ1) is 17.2. The summed E-state index contributed by atoms with van der Waals surface area (Å²) in [6, 6.07) is 20.5. The smallest absolute Gasteiger partial charge is 0.260 e. The molecular formula is C27H31N3O5S. The second kappa shape index (κ2) is 12.2. The molecule has 0 aromatic heterocycles. The fraction of sp³-hybridized carbons (Fsp3) is 0.259. The van der Waals surface area contributed by atoms with Crippen molar-refractivity contribution in [1.82, 2.24) is 5.43 Å². The SMILES string of the molecule is CCOc1cc(/C=N/NC(=O)CN(c2cccc(C)c2C)S(C)(=O)=O)ccc1OCc1ccccc1. The van der Waals surface area contributed by atoms with E-state index in [1.54, 1.807) is 30.3 Å². The molecule has 0 aliphatic rings. The molecule has 0 fully saturated rings. The summed E-state index contributed by atoms with van der Waals surface area (Å²) in [6.45, 7) is 6.06. The summed E-state index contributed by atoms with van der Waals surface area (Å²) in [5.41, 5.74) is 6.31. The van der Waals surface area contributed by atoms with E-state index < -0.39 is 22.5 Å². The highest BCUT2D eigenvalue weighted by Crippen LogP contribution is 2.29. The highest BCUT2D eigenvalue weighted by atomic mass is 32.2. The summed E-state index contributed by atoms with van der Waals surface area (Å²) in [5, 5.41) is 3.99. The first-order valence-electron chi connectivity index (χ1n) is 11.5. The van der Waals surface area contributed by atoms with Crippen LogP contribution in [0.1, 0.15) is 29.2 Å². The van der Waals surface area contributed by atoms with Gasteiger partial charge in [0.1, 0.15) is 13.2 Å². The summed E-state index contributed by atoms with van der Waals surface area (Å²) in [7, 11) is -3.68. The third-order valence-electron chi connectivity index (χ3n) is 5.44. The van der Waals surface area contributed by atoms with Crippen LogP contribution in [0.3, 0.4) is 0 Å². The molecule has 1 amide bonds. The molecule has 0 aliphatic heterocycles. The van der Waals surface area contributed by atoms with Crippen LogP contribution in [0.2, 0.25) is 0 Å². The summed E-state index contributed by atoms with van der Waals surface area (Å²) in [4.78, 5) is 12.5. The molecule has 3 rings (SSSR count). The number of hydrazone groups is 1. The molecule has 3 aromatic rings. The number of nitrogens with one attached hydrogen (secondary N) is 1. The molecule has 190 valence electrons. The molecular weight excluding hydrogens is 478 g/mol. The zero-order valence-corrected chi connectivity index (χ0v) is 21.7. The van der Waals surface area contributed by atoms with Crippen molar-refractivity contribution >= 4 is 27.8 Å². The van der Waals surface area contributed by atoms with Gasteiger partial charge in [0, 0.05) is 0 Å². The van der Waals surface area contributed by atoms with Crippen molar-refractivity contribution in [1.29, 1.82) is 0 Å². The van der Waals surface area contributed by atoms with E-state index in [4.69, 9.17) is 9.47 Å². The third kappa shape index (κ3) is 7.32. The highest BCUT2D eigenvalue weighted by Gasteiger charge is 2.22. The average Bonchev–Trinajstić information content (AvgIpc) is 2.84. The van der Waals surface area contributed by atoms with Crippen LogP contribution in [0.5, 0.6) is 11.5 Å². The van der Waals surface area contributed by atoms with Crippen molar-refractivity contribution in [2.75, 3.05) is 23.7 Å². The lowest BCUT2D eigenvalue weighted by Crippen LogP contribution is -2.39. The van der Waals surface area contributed by atoms with Crippen molar-refractivity contribution in [3.05, 3.63) is 89.0 Å². The molecule has 0 heterocycles. The summed E-state index contributed by atoms with van der Waals surface area (Å²) in [5.74, 6) is 0.589. The molecule has 0 spiro atoms. The summed E-state index contributed by atoms with van der Waals surface area (Å²) < 4.78 is 37.5. The Hall–Kier alpha value is -3.85. The fourth-order valence-electron chi connectivity index (χ4n) is 3.46. The number of anilines is 1. The Bertz CT molecular complexity index is 1320. The Morgan fingerprint density at radius 1 is 1.00 bits per heavy atom. The molecule has 0 bridgehead atoms. The van der Waals surface area contributed by atoms with Gasteiger partial charge in [-0.2, -0.15) is 5.10 Å². The van der Waals surface area contributed by atoms with Gasteiger partial charge in [-0.15, -0.1) is 0 Å². The van der Waals surface area contributed by atoms with Gasteiger partial charge < -0.3 is 9.47 Å². The van der Waals surface area contributed by atoms with E-state index in [0.717, 1.165) is 27.3 Å². The van der Waals surface area contributed by atoms with Crippen LogP contribution >= 0.6 is 0 Å². The van der Waals surface area contributed by atoms with E-state index in [9.17, 15) is 13.2 Å². The maximum absolute atomic E-state index is 12.5. The van der Waals surface area contributed by atoms with Crippen LogP contribution in [0.4, 0.5) is 5.69 Å². The number of sulfonamides is 1. The highest BCUT2D eigenvalue weighted by molar-refractivity contribution is 7.92. The number of ether oxygens (including phenoxy) is 2. The Morgan fingerprint density at radius 2 is 1.75 bits per heavy atom. The van der Waals surface area contributed by atoms with Crippen molar-refractivity contribution in [3.63, 3.8) is 0 Å². The lowest BCUT2D eigenvalue weighted by Gasteiger charge is -2.23. The Balaban J connectivity index is 1.67. The normalized spacial score (nSPS) is 11.3. The molecule has 8 nitrogen and oxygen atoms in total. The number of carbonyl (C=O) groups excluding carboxylic acids is 1. The van der Waals surface area contributed by atoms with E-state index in [2.05, 4.69) is 10.5 Å². The van der Waals surface area contributed by atoms with Crippen molar-refractivity contribution in [2.45, 2.75) is 27.4 Å². The lowest BCUT2D eigenvalue weighted by atomic mass is 10.1. The van der Waals surface area contributed by atoms with Crippen molar-refractivity contribution in [2.24, 2.45) is 5.10 Å². The minimum Gasteiger partial charge on any atom is -0.490 e. The van der Waals surface area contributed by atoms with E-state index in [1.807, 2.05) is 57.2 Å². The standard InChI is InChI=1S/C27H31N3O5S/c1-5-34-26-16-23(14-15-25(26)35-19-22-11-7-6-8-12-22)17-28-29-27(31)18-30(36(4,32)33)24-13-9-10-20(2)21(24)3/h6-17H,5,18-19H2,1-4H3,(H,29,31)/b28-17+. The van der Waals surface area contributed by atoms with E-state index >= 15 is 0 Å². The fourth-order valence-corrected chi connectivity index (χ4v) is 4.37. The number of carbonyl (C=O) groups is 1. The first-order valence-corrected chi connectivity index (χ1v) is 13.3. The van der Waals surface area contributed by atoms with Crippen LogP contribution in [0.25, 0.3) is 0 Å². The van der Waals surface area contributed by atoms with Crippen LogP contribution in [0.15, 0.2) is 71.8 Å². The predicted molar refractivity (Wildman–Crippen MR) is 142 cm³/mol. The Labute approximate surface area is 212 Å². The van der Waals surface area contributed by atoms with Crippen molar-refractivity contribution < 1.29 is 22.7 Å². The van der Waals surface area contributed by atoms with Crippen LogP contribution in [-0.2, 0) is 21.4 Å². The number of hydrogen-bond acceptors (Lipinski definition) is 6. The third-order valence-corrected chi connectivity index (χ3v) is 6.57. The van der Waals surface area contributed by atoms with Gasteiger partial charge in [0.25, 0.3) is 5.91 Å². The quantitative estimate of drug-likeness (QED) is 0.309. The maximum Gasteiger partial charge on any atom is 0.260 e. The Kier molecular flexibility index (Phi) is 9.08. The average molecular weight is 510 g/mol.